The minimum Gasteiger partial charge on any atom is -0.481 e. The Morgan fingerprint density at radius 1 is 1.50 bits per heavy atom. The summed E-state index contributed by atoms with van der Waals surface area (Å²) in [6.07, 6.45) is 2.90. The van der Waals surface area contributed by atoms with E-state index in [-0.39, 0.29) is 11.8 Å². The maximum absolute atomic E-state index is 11.1. The number of aromatic nitrogens is 1. The Kier molecular flexibility index (Phi) is 4.35. The highest BCUT2D eigenvalue weighted by atomic mass is 32.1. The summed E-state index contributed by atoms with van der Waals surface area (Å²) in [6, 6.07) is 0. The molecule has 2 N–H and O–H groups in total. The molecule has 1 fully saturated rings. The highest BCUT2D eigenvalue weighted by molar-refractivity contribution is 7.11. The number of carbonyl (C=O) groups is 1. The minimum atomic E-state index is -0.639. The van der Waals surface area contributed by atoms with Crippen molar-refractivity contribution in [1.82, 2.24) is 10.3 Å². The van der Waals surface area contributed by atoms with Crippen LogP contribution in [-0.2, 0) is 11.3 Å². The van der Waals surface area contributed by atoms with Crippen LogP contribution in [0, 0.1) is 25.7 Å². The summed E-state index contributed by atoms with van der Waals surface area (Å²) < 4.78 is 0. The molecule has 1 aromatic rings. The van der Waals surface area contributed by atoms with Crippen molar-refractivity contribution in [3.05, 3.63) is 15.6 Å². The van der Waals surface area contributed by atoms with Crippen LogP contribution < -0.4 is 5.32 Å². The first-order valence-corrected chi connectivity index (χ1v) is 7.26. The monoisotopic (exact) mass is 268 g/mol. The number of hydrogen-bond acceptors (Lipinski definition) is 4. The van der Waals surface area contributed by atoms with E-state index in [0.717, 1.165) is 43.1 Å². The number of rotatable bonds is 5. The molecule has 0 radical (unpaired) electrons. The largest absolute Gasteiger partial charge is 0.481 e. The van der Waals surface area contributed by atoms with E-state index in [4.69, 9.17) is 5.11 Å². The van der Waals surface area contributed by atoms with Crippen LogP contribution >= 0.6 is 11.3 Å². The zero-order chi connectivity index (χ0) is 13.1. The first-order valence-electron chi connectivity index (χ1n) is 6.44. The van der Waals surface area contributed by atoms with Crippen molar-refractivity contribution in [3.63, 3.8) is 0 Å². The molecule has 2 atom stereocenters. The first-order chi connectivity index (χ1) is 8.58. The second kappa shape index (κ2) is 5.80. The van der Waals surface area contributed by atoms with Gasteiger partial charge in [-0.05, 0) is 39.2 Å². The normalized spacial score (nSPS) is 23.4. The van der Waals surface area contributed by atoms with Gasteiger partial charge in [0.2, 0.25) is 0 Å². The lowest BCUT2D eigenvalue weighted by molar-refractivity contribution is -0.142. The summed E-state index contributed by atoms with van der Waals surface area (Å²) >= 11 is 1.71. The SMILES string of the molecule is Cc1nc(CNCC2CCCC2C(=O)O)sc1C. The second-order valence-electron chi connectivity index (χ2n) is 5.02. The maximum atomic E-state index is 11.1. The quantitative estimate of drug-likeness (QED) is 0.860. The van der Waals surface area contributed by atoms with Crippen molar-refractivity contribution in [1.29, 1.82) is 0 Å². The molecule has 1 aliphatic carbocycles. The predicted molar refractivity (Wildman–Crippen MR) is 71.8 cm³/mol. The van der Waals surface area contributed by atoms with Gasteiger partial charge < -0.3 is 10.4 Å². The van der Waals surface area contributed by atoms with Gasteiger partial charge in [-0.1, -0.05) is 6.42 Å². The third-order valence-corrected chi connectivity index (χ3v) is 4.80. The first kappa shape index (κ1) is 13.5. The molecule has 2 unspecified atom stereocenters. The highest BCUT2D eigenvalue weighted by Crippen LogP contribution is 2.31. The summed E-state index contributed by atoms with van der Waals surface area (Å²) in [5.41, 5.74) is 1.10. The van der Waals surface area contributed by atoms with Gasteiger partial charge in [0, 0.05) is 11.4 Å². The smallest absolute Gasteiger partial charge is 0.306 e. The van der Waals surface area contributed by atoms with Crippen molar-refractivity contribution in [2.45, 2.75) is 39.7 Å². The Labute approximate surface area is 111 Å². The molecule has 2 rings (SSSR count). The summed E-state index contributed by atoms with van der Waals surface area (Å²) in [5.74, 6) is -0.512. The minimum absolute atomic E-state index is 0.155. The van der Waals surface area contributed by atoms with Gasteiger partial charge in [0.15, 0.2) is 0 Å². The van der Waals surface area contributed by atoms with E-state index < -0.39 is 5.97 Å². The number of nitrogens with one attached hydrogen (secondary N) is 1. The van der Waals surface area contributed by atoms with Crippen LogP contribution in [0.15, 0.2) is 0 Å². The Balaban J connectivity index is 1.80. The van der Waals surface area contributed by atoms with Crippen molar-refractivity contribution in [2.75, 3.05) is 6.54 Å². The fourth-order valence-electron chi connectivity index (χ4n) is 2.59. The van der Waals surface area contributed by atoms with Crippen molar-refractivity contribution >= 4 is 17.3 Å². The van der Waals surface area contributed by atoms with Crippen LogP contribution in [0.2, 0.25) is 0 Å². The zero-order valence-electron chi connectivity index (χ0n) is 10.9. The summed E-state index contributed by atoms with van der Waals surface area (Å²) in [4.78, 5) is 16.8. The molecule has 1 saturated carbocycles. The molecule has 4 nitrogen and oxygen atoms in total. The molecule has 0 aromatic carbocycles. The number of carboxylic acid groups (broad SMARTS) is 1. The maximum Gasteiger partial charge on any atom is 0.306 e. The van der Waals surface area contributed by atoms with Crippen LogP contribution in [0.5, 0.6) is 0 Å². The van der Waals surface area contributed by atoms with E-state index in [1.54, 1.807) is 11.3 Å². The molecule has 0 aliphatic heterocycles. The van der Waals surface area contributed by atoms with E-state index in [0.29, 0.717) is 0 Å². The molecular weight excluding hydrogens is 248 g/mol. The number of aliphatic carboxylic acids is 1. The van der Waals surface area contributed by atoms with Gasteiger partial charge >= 0.3 is 5.97 Å². The molecule has 18 heavy (non-hydrogen) atoms. The van der Waals surface area contributed by atoms with Crippen molar-refractivity contribution < 1.29 is 9.90 Å². The molecule has 0 spiro atoms. The van der Waals surface area contributed by atoms with Gasteiger partial charge in [0.25, 0.3) is 0 Å². The molecular formula is C13H20N2O2S. The third kappa shape index (κ3) is 3.09. The number of nitrogens with zero attached hydrogens (tertiary/aromatic N) is 1. The second-order valence-corrected chi connectivity index (χ2v) is 6.30. The van der Waals surface area contributed by atoms with E-state index in [1.807, 2.05) is 6.92 Å². The average molecular weight is 268 g/mol. The Morgan fingerprint density at radius 2 is 2.28 bits per heavy atom. The molecule has 0 saturated heterocycles. The van der Waals surface area contributed by atoms with Gasteiger partial charge in [0.1, 0.15) is 5.01 Å². The summed E-state index contributed by atoms with van der Waals surface area (Å²) in [6.45, 7) is 5.64. The lowest BCUT2D eigenvalue weighted by Crippen LogP contribution is -2.28. The molecule has 5 heteroatoms. The van der Waals surface area contributed by atoms with Gasteiger partial charge in [0.05, 0.1) is 11.6 Å². The third-order valence-electron chi connectivity index (χ3n) is 3.73. The zero-order valence-corrected chi connectivity index (χ0v) is 11.7. The van der Waals surface area contributed by atoms with E-state index >= 15 is 0 Å². The fraction of sp³-hybridized carbons (Fsp3) is 0.692. The van der Waals surface area contributed by atoms with E-state index in [9.17, 15) is 4.79 Å². The lowest BCUT2D eigenvalue weighted by Gasteiger charge is -2.15. The topological polar surface area (TPSA) is 62.2 Å². The van der Waals surface area contributed by atoms with Crippen LogP contribution in [0.25, 0.3) is 0 Å². The van der Waals surface area contributed by atoms with Crippen molar-refractivity contribution in [3.8, 4) is 0 Å². The van der Waals surface area contributed by atoms with E-state index in [2.05, 4.69) is 17.2 Å². The van der Waals surface area contributed by atoms with Crippen LogP contribution in [0.1, 0.15) is 34.8 Å². The Hall–Kier alpha value is -0.940. The molecule has 100 valence electrons. The Bertz CT molecular complexity index is 411. The summed E-state index contributed by atoms with van der Waals surface area (Å²) in [7, 11) is 0. The van der Waals surface area contributed by atoms with Crippen LogP contribution in [-0.4, -0.2) is 22.6 Å². The van der Waals surface area contributed by atoms with Crippen LogP contribution in [0.4, 0.5) is 0 Å². The number of aryl methyl sites for hydroxylation is 2. The van der Waals surface area contributed by atoms with Crippen LogP contribution in [0.3, 0.4) is 0 Å². The van der Waals surface area contributed by atoms with Gasteiger partial charge in [-0.2, -0.15) is 0 Å². The average Bonchev–Trinajstić information content (AvgIpc) is 2.87. The van der Waals surface area contributed by atoms with Gasteiger partial charge in [-0.25, -0.2) is 4.98 Å². The predicted octanol–water partition coefficient (Wildman–Crippen LogP) is 2.35. The molecule has 0 amide bonds. The molecule has 1 aromatic heterocycles. The standard InChI is InChI=1S/C13H20N2O2S/c1-8-9(2)18-12(15-8)7-14-6-10-4-3-5-11(10)13(16)17/h10-11,14H,3-7H2,1-2H3,(H,16,17). The summed E-state index contributed by atoms with van der Waals surface area (Å²) in [5, 5.41) is 13.5. The van der Waals surface area contributed by atoms with Gasteiger partial charge in [-0.15, -0.1) is 11.3 Å². The molecule has 0 bridgehead atoms. The lowest BCUT2D eigenvalue weighted by atomic mass is 9.96. The number of hydrogen-bond donors (Lipinski definition) is 2. The van der Waals surface area contributed by atoms with Crippen molar-refractivity contribution in [2.24, 2.45) is 11.8 Å². The highest BCUT2D eigenvalue weighted by Gasteiger charge is 2.32. The molecule has 1 aliphatic rings. The van der Waals surface area contributed by atoms with E-state index in [1.165, 1.54) is 4.88 Å². The fourth-order valence-corrected chi connectivity index (χ4v) is 3.49. The Morgan fingerprint density at radius 3 is 2.89 bits per heavy atom. The molecule has 1 heterocycles. The number of thiazole rings is 1. The number of carboxylic acids is 1. The van der Waals surface area contributed by atoms with Gasteiger partial charge in [-0.3, -0.25) is 4.79 Å².